The Morgan fingerprint density at radius 2 is 2.60 bits per heavy atom. The molecule has 1 unspecified atom stereocenters. The van der Waals surface area contributed by atoms with Crippen LogP contribution in [0.25, 0.3) is 0 Å². The molecule has 0 radical (unpaired) electrons. The topological polar surface area (TPSA) is 51.8 Å². The van der Waals surface area contributed by atoms with Crippen LogP contribution in [0.3, 0.4) is 0 Å². The second kappa shape index (κ2) is 3.63. The second-order valence-corrected chi connectivity index (χ2v) is 3.07. The molecule has 1 atom stereocenters. The van der Waals surface area contributed by atoms with E-state index < -0.39 is 0 Å². The van der Waals surface area contributed by atoms with Gasteiger partial charge in [-0.05, 0) is 18.0 Å². The van der Waals surface area contributed by atoms with Gasteiger partial charge >= 0.3 is 0 Å². The minimum absolute atomic E-state index is 0.243. The molecule has 0 aliphatic heterocycles. The van der Waals surface area contributed by atoms with Gasteiger partial charge < -0.3 is 5.73 Å². The normalized spacial score (nSPS) is 13.4. The monoisotopic (exact) mass is 157 g/mol. The van der Waals surface area contributed by atoms with Gasteiger partial charge in [-0.2, -0.15) is 4.37 Å². The Kier molecular flexibility index (Phi) is 2.77. The lowest BCUT2D eigenvalue weighted by atomic mass is 10.2. The summed E-state index contributed by atoms with van der Waals surface area (Å²) >= 11 is 1.43. The largest absolute Gasteiger partial charge is 0.327 e. The van der Waals surface area contributed by atoms with E-state index in [0.29, 0.717) is 0 Å². The van der Waals surface area contributed by atoms with Gasteiger partial charge in [-0.3, -0.25) is 0 Å². The molecule has 56 valence electrons. The first-order valence-corrected chi connectivity index (χ1v) is 4.11. The van der Waals surface area contributed by atoms with Crippen molar-refractivity contribution in [3.8, 4) is 0 Å². The summed E-state index contributed by atoms with van der Waals surface area (Å²) < 4.78 is 3.88. The molecule has 10 heavy (non-hydrogen) atoms. The van der Waals surface area contributed by atoms with Gasteiger partial charge in [0, 0.05) is 12.5 Å². The van der Waals surface area contributed by atoms with Crippen molar-refractivity contribution in [3.63, 3.8) is 0 Å². The smallest absolute Gasteiger partial charge is 0.129 e. The summed E-state index contributed by atoms with van der Waals surface area (Å²) in [6.07, 6.45) is 3.43. The average molecular weight is 157 g/mol. The van der Waals surface area contributed by atoms with Gasteiger partial charge in [0.2, 0.25) is 0 Å². The van der Waals surface area contributed by atoms with Gasteiger partial charge in [-0.1, -0.05) is 6.92 Å². The fourth-order valence-electron chi connectivity index (χ4n) is 0.655. The molecule has 1 rings (SSSR count). The lowest BCUT2D eigenvalue weighted by Crippen LogP contribution is -2.21. The molecule has 0 aliphatic carbocycles. The zero-order valence-electron chi connectivity index (χ0n) is 5.95. The van der Waals surface area contributed by atoms with Crippen LogP contribution in [0.1, 0.15) is 18.4 Å². The highest BCUT2D eigenvalue weighted by Gasteiger charge is 2.02. The Morgan fingerprint density at radius 3 is 3.10 bits per heavy atom. The Bertz CT molecular complexity index is 173. The molecular weight excluding hydrogens is 146 g/mol. The predicted octanol–water partition coefficient (Wildman–Crippen LogP) is 0.818. The summed E-state index contributed by atoms with van der Waals surface area (Å²) in [7, 11) is 0. The maximum absolute atomic E-state index is 5.70. The number of nitrogens with two attached hydrogens (primary N) is 1. The third-order valence-electron chi connectivity index (χ3n) is 1.37. The first-order chi connectivity index (χ1) is 4.83. The SMILES string of the molecule is CCC(N)Cc1ncns1. The summed E-state index contributed by atoms with van der Waals surface area (Å²) in [5.41, 5.74) is 5.70. The number of aromatic nitrogens is 2. The Labute approximate surface area is 64.5 Å². The fraction of sp³-hybridized carbons (Fsp3) is 0.667. The fourth-order valence-corrected chi connectivity index (χ4v) is 1.25. The maximum atomic E-state index is 5.70. The van der Waals surface area contributed by atoms with Crippen molar-refractivity contribution in [2.75, 3.05) is 0 Å². The van der Waals surface area contributed by atoms with Crippen molar-refractivity contribution < 1.29 is 0 Å². The summed E-state index contributed by atoms with van der Waals surface area (Å²) in [5.74, 6) is 0. The van der Waals surface area contributed by atoms with Crippen molar-refractivity contribution in [1.29, 1.82) is 0 Å². The van der Waals surface area contributed by atoms with Crippen LogP contribution < -0.4 is 5.73 Å². The van der Waals surface area contributed by atoms with E-state index in [-0.39, 0.29) is 6.04 Å². The van der Waals surface area contributed by atoms with Crippen LogP contribution in [0.4, 0.5) is 0 Å². The van der Waals surface area contributed by atoms with E-state index >= 15 is 0 Å². The van der Waals surface area contributed by atoms with E-state index in [2.05, 4.69) is 16.3 Å². The molecule has 0 bridgehead atoms. The molecule has 1 aromatic heterocycles. The number of nitrogens with zero attached hydrogens (tertiary/aromatic N) is 2. The molecule has 0 amide bonds. The van der Waals surface area contributed by atoms with E-state index in [1.807, 2.05) is 0 Å². The van der Waals surface area contributed by atoms with Gasteiger partial charge in [0.05, 0.1) is 0 Å². The van der Waals surface area contributed by atoms with E-state index in [4.69, 9.17) is 5.73 Å². The van der Waals surface area contributed by atoms with E-state index in [9.17, 15) is 0 Å². The third-order valence-corrected chi connectivity index (χ3v) is 2.05. The van der Waals surface area contributed by atoms with Gasteiger partial charge in [-0.15, -0.1) is 0 Å². The molecule has 0 saturated heterocycles. The molecule has 1 heterocycles. The summed E-state index contributed by atoms with van der Waals surface area (Å²) in [5, 5.41) is 1.04. The van der Waals surface area contributed by atoms with Crippen molar-refractivity contribution in [2.45, 2.75) is 25.8 Å². The lowest BCUT2D eigenvalue weighted by molar-refractivity contribution is 0.644. The molecule has 0 aliphatic rings. The first kappa shape index (κ1) is 7.63. The maximum Gasteiger partial charge on any atom is 0.129 e. The van der Waals surface area contributed by atoms with Crippen LogP contribution in [0, 0.1) is 0 Å². The minimum atomic E-state index is 0.243. The molecule has 0 spiro atoms. The Hall–Kier alpha value is -0.480. The summed E-state index contributed by atoms with van der Waals surface area (Å²) in [6, 6.07) is 0.243. The molecule has 2 N–H and O–H groups in total. The predicted molar refractivity (Wildman–Crippen MR) is 41.9 cm³/mol. The number of hydrogen-bond donors (Lipinski definition) is 1. The summed E-state index contributed by atoms with van der Waals surface area (Å²) in [4.78, 5) is 4.03. The Morgan fingerprint density at radius 1 is 1.80 bits per heavy atom. The minimum Gasteiger partial charge on any atom is -0.327 e. The molecule has 4 heteroatoms. The average Bonchev–Trinajstić information content (AvgIpc) is 2.40. The summed E-state index contributed by atoms with van der Waals surface area (Å²) in [6.45, 7) is 2.08. The van der Waals surface area contributed by atoms with Crippen LogP contribution in [0.5, 0.6) is 0 Å². The van der Waals surface area contributed by atoms with E-state index in [0.717, 1.165) is 17.8 Å². The molecular formula is C6H11N3S. The lowest BCUT2D eigenvalue weighted by Gasteiger charge is -2.03. The van der Waals surface area contributed by atoms with Crippen molar-refractivity contribution in [2.24, 2.45) is 5.73 Å². The van der Waals surface area contributed by atoms with Gasteiger partial charge in [0.15, 0.2) is 0 Å². The van der Waals surface area contributed by atoms with Gasteiger partial charge in [0.1, 0.15) is 11.3 Å². The number of hydrogen-bond acceptors (Lipinski definition) is 4. The molecule has 0 fully saturated rings. The van der Waals surface area contributed by atoms with Crippen molar-refractivity contribution in [1.82, 2.24) is 9.36 Å². The van der Waals surface area contributed by atoms with Crippen LogP contribution in [-0.4, -0.2) is 15.4 Å². The number of rotatable bonds is 3. The standard InChI is InChI=1S/C6H11N3S/c1-2-5(7)3-6-8-4-9-10-6/h4-5H,2-3,7H2,1H3. The van der Waals surface area contributed by atoms with Crippen molar-refractivity contribution >= 4 is 11.5 Å². The Balaban J connectivity index is 2.40. The van der Waals surface area contributed by atoms with E-state index in [1.54, 1.807) is 6.33 Å². The van der Waals surface area contributed by atoms with Crippen LogP contribution in [-0.2, 0) is 6.42 Å². The molecule has 3 nitrogen and oxygen atoms in total. The highest BCUT2D eigenvalue weighted by Crippen LogP contribution is 2.03. The molecule has 0 aromatic carbocycles. The van der Waals surface area contributed by atoms with Crippen LogP contribution in [0.15, 0.2) is 6.33 Å². The van der Waals surface area contributed by atoms with E-state index in [1.165, 1.54) is 11.5 Å². The van der Waals surface area contributed by atoms with Crippen LogP contribution >= 0.6 is 11.5 Å². The first-order valence-electron chi connectivity index (χ1n) is 3.34. The zero-order valence-corrected chi connectivity index (χ0v) is 6.77. The second-order valence-electron chi connectivity index (χ2n) is 2.21. The third kappa shape index (κ3) is 2.04. The van der Waals surface area contributed by atoms with Gasteiger partial charge in [-0.25, -0.2) is 4.98 Å². The van der Waals surface area contributed by atoms with Gasteiger partial charge in [0.25, 0.3) is 0 Å². The van der Waals surface area contributed by atoms with Crippen LogP contribution in [0.2, 0.25) is 0 Å². The van der Waals surface area contributed by atoms with Crippen molar-refractivity contribution in [3.05, 3.63) is 11.3 Å². The highest BCUT2D eigenvalue weighted by molar-refractivity contribution is 7.05. The zero-order chi connectivity index (χ0) is 7.40. The molecule has 0 saturated carbocycles. The quantitative estimate of drug-likeness (QED) is 0.706. The highest BCUT2D eigenvalue weighted by atomic mass is 32.1. The molecule has 1 aromatic rings.